The van der Waals surface area contributed by atoms with Crippen molar-refractivity contribution in [1.82, 2.24) is 16.2 Å². The standard InChI is InChI=1S/C62H50N2O2.ClH.NO.Ru/c1-61(63-39-47-37-45-25-11-15-29-51(45)57(59(47)65)55-49-27-13-9-23-43(49)31-33-53(55)41-19-5-3-6-20-41)35-17-18-36-62(61,2)64-40-48-38-46-26-12-16-30-52(46)58(60(48)66)56-50-28-14-10-24-44(50)32-34-54(56)42-21-7-4-8-22-42;;1-2;/h3-16,19-34,37-40,63-64H,17-18,35-36H2,1-2H3;1H;;/q;;;+1/p-1/b47-39-,48-40-;;;/t61-,62-;;;/m1.../s1. The molecular formula is C62H50ClN3O3Ru. The number of hydrogen-bond donors (Lipinski definition) is 2. The van der Waals surface area contributed by atoms with Crippen LogP contribution in [-0.2, 0) is 26.9 Å². The first-order valence-corrected chi connectivity index (χ1v) is 25.7. The minimum atomic E-state index is -0.479. The number of Topliss-reactive ketones (excluding diaryl/α,β-unsaturated/α-hetero) is 2. The van der Waals surface area contributed by atoms with Crippen LogP contribution in [-0.4, -0.2) is 22.6 Å². The molecule has 346 valence electrons. The monoisotopic (exact) mass is 1020 g/mol. The average Bonchev–Trinajstić information content (AvgIpc) is 3.42. The van der Waals surface area contributed by atoms with Crippen molar-refractivity contribution in [1.29, 1.82) is 0 Å². The second-order valence-corrected chi connectivity index (χ2v) is 18.4. The van der Waals surface area contributed by atoms with E-state index in [1.165, 1.54) is 0 Å². The van der Waals surface area contributed by atoms with Gasteiger partial charge in [-0.25, -0.2) is 0 Å². The van der Waals surface area contributed by atoms with Crippen molar-refractivity contribution in [3.05, 3.63) is 242 Å². The van der Waals surface area contributed by atoms with Crippen LogP contribution in [0.4, 0.5) is 0 Å². The van der Waals surface area contributed by atoms with Crippen LogP contribution in [0.25, 0.3) is 67.1 Å². The summed E-state index contributed by atoms with van der Waals surface area (Å²) in [6, 6.07) is 62.5. The molecule has 8 heteroatoms. The van der Waals surface area contributed by atoms with Gasteiger partial charge in [0.15, 0.2) is 11.6 Å². The van der Waals surface area contributed by atoms with Crippen LogP contribution in [0.5, 0.6) is 0 Å². The fraction of sp³-hybridized carbons (Fsp3) is 0.129. The molecule has 0 amide bonds. The molecule has 2 N–H and O–H groups in total. The van der Waals surface area contributed by atoms with E-state index in [-0.39, 0.29) is 11.6 Å². The Balaban J connectivity index is 0.00000148. The van der Waals surface area contributed by atoms with Crippen LogP contribution in [0.2, 0.25) is 0 Å². The Morgan fingerprint density at radius 2 is 0.829 bits per heavy atom. The number of carbonyl (C=O) groups is 2. The van der Waals surface area contributed by atoms with Gasteiger partial charge in [0.25, 0.3) is 0 Å². The van der Waals surface area contributed by atoms with Crippen LogP contribution in [0.15, 0.2) is 206 Å². The zero-order chi connectivity index (χ0) is 48.8. The van der Waals surface area contributed by atoms with Gasteiger partial charge in [0, 0.05) is 45.8 Å². The summed E-state index contributed by atoms with van der Waals surface area (Å²) in [5, 5.41) is 15.8. The molecule has 8 aromatic rings. The number of ketones is 2. The van der Waals surface area contributed by atoms with Gasteiger partial charge >= 0.3 is 27.0 Å². The third kappa shape index (κ3) is 8.81. The predicted octanol–water partition coefficient (Wildman–Crippen LogP) is 10.4. The molecule has 70 heavy (non-hydrogen) atoms. The Hall–Kier alpha value is -7.31. The second kappa shape index (κ2) is 20.7. The number of hydrogen-bond acceptors (Lipinski definition) is 5. The van der Waals surface area contributed by atoms with Crippen molar-refractivity contribution in [3.8, 4) is 22.3 Å². The molecule has 3 aliphatic rings. The molecule has 0 saturated heterocycles. The van der Waals surface area contributed by atoms with Gasteiger partial charge in [0.2, 0.25) is 0 Å². The summed E-state index contributed by atoms with van der Waals surface area (Å²) in [5.41, 5.74) is 13.5. The number of nitrogens with zero attached hydrogens (tertiary/aromatic N) is 1. The van der Waals surface area contributed by atoms with Crippen LogP contribution < -0.4 is 37.1 Å². The summed E-state index contributed by atoms with van der Waals surface area (Å²) in [7, 11) is 4.57. The van der Waals surface area contributed by atoms with E-state index >= 15 is 9.59 Å². The van der Waals surface area contributed by atoms with Crippen LogP contribution in [0.3, 0.4) is 0 Å². The molecule has 0 aliphatic heterocycles. The third-order valence-corrected chi connectivity index (χ3v) is 14.5. The summed E-state index contributed by atoms with van der Waals surface area (Å²) in [6.45, 7) is 4.50. The predicted molar refractivity (Wildman–Crippen MR) is 283 cm³/mol. The third-order valence-electron chi connectivity index (χ3n) is 14.5. The zero-order valence-corrected chi connectivity index (χ0v) is 41.4. The van der Waals surface area contributed by atoms with Crippen LogP contribution in [0.1, 0.15) is 50.7 Å². The minimum absolute atomic E-state index is 0.0154. The van der Waals surface area contributed by atoms with Crippen molar-refractivity contribution in [2.24, 2.45) is 0 Å². The molecule has 0 unspecified atom stereocenters. The maximum atomic E-state index is 15.2. The van der Waals surface area contributed by atoms with E-state index in [0.29, 0.717) is 22.3 Å². The molecule has 1 fully saturated rings. The van der Waals surface area contributed by atoms with Crippen molar-refractivity contribution < 1.29 is 26.9 Å². The quantitative estimate of drug-likeness (QED) is 0.117. The molecular weight excluding hydrogens is 971 g/mol. The normalized spacial score (nSPS) is 19.4. The molecule has 0 bridgehead atoms. The van der Waals surface area contributed by atoms with E-state index in [9.17, 15) is 0 Å². The van der Waals surface area contributed by atoms with Crippen molar-refractivity contribution in [3.63, 3.8) is 0 Å². The molecule has 0 heterocycles. The Bertz CT molecular complexity index is 3410. The topological polar surface area (TPSA) is 97.6 Å². The molecule has 8 aromatic carbocycles. The Kier molecular flexibility index (Phi) is 14.1. The molecule has 11 rings (SSSR count). The maximum absolute atomic E-state index is 15.2. The minimum Gasteiger partial charge on any atom is -0.120 e. The molecule has 1 radical (unpaired) electrons. The fourth-order valence-corrected chi connectivity index (χ4v) is 10.7. The Labute approximate surface area is 422 Å². The summed E-state index contributed by atoms with van der Waals surface area (Å²) in [6.07, 6.45) is 11.8. The van der Waals surface area contributed by atoms with Crippen LogP contribution in [0, 0.1) is 4.91 Å². The van der Waals surface area contributed by atoms with Gasteiger partial charge in [0.1, 0.15) is 5.59 Å². The van der Waals surface area contributed by atoms with Gasteiger partial charge in [-0.1, -0.05) is 195 Å². The number of allylic oxidation sites excluding steroid dienone is 2. The summed E-state index contributed by atoms with van der Waals surface area (Å²) >= 11 is 1.82. The number of carbonyl (C=O) groups excluding carboxylic acids is 2. The largest absolute Gasteiger partial charge is 0.120 e. The van der Waals surface area contributed by atoms with Crippen LogP contribution >= 0.6 is 9.69 Å². The Morgan fingerprint density at radius 1 is 0.471 bits per heavy atom. The van der Waals surface area contributed by atoms with E-state index in [2.05, 4.69) is 180 Å². The molecule has 3 aliphatic carbocycles. The first-order chi connectivity index (χ1) is 34.3. The summed E-state index contributed by atoms with van der Waals surface area (Å²) in [4.78, 5) is 37.7. The molecule has 6 nitrogen and oxygen atoms in total. The molecule has 0 aromatic heterocycles. The summed E-state index contributed by atoms with van der Waals surface area (Å²) < 4.78 is 0. The fourth-order valence-electron chi connectivity index (χ4n) is 10.7. The average molecular weight is 1020 g/mol. The number of nitroso groups, excluding NO2 is 1. The van der Waals surface area contributed by atoms with Gasteiger partial charge in [-0.2, -0.15) is 0 Å². The number of halogens is 1. The maximum Gasteiger partial charge on any atom is 0.120 e. The first kappa shape index (κ1) is 47.7. The van der Waals surface area contributed by atoms with E-state index in [0.717, 1.165) is 101 Å². The van der Waals surface area contributed by atoms with E-state index in [1.54, 1.807) is 0 Å². The van der Waals surface area contributed by atoms with Gasteiger partial charge in [-0.3, -0.25) is 9.59 Å². The summed E-state index contributed by atoms with van der Waals surface area (Å²) in [5.74, 6) is -0.0308. The zero-order valence-electron chi connectivity index (χ0n) is 38.9. The van der Waals surface area contributed by atoms with Crippen molar-refractivity contribution >= 4 is 66.1 Å². The molecule has 2 atom stereocenters. The van der Waals surface area contributed by atoms with Gasteiger partial charge in [0.05, 0.1) is 11.1 Å². The van der Waals surface area contributed by atoms with E-state index in [4.69, 9.17) is 10.5 Å². The molecule has 1 saturated carbocycles. The van der Waals surface area contributed by atoms with Crippen molar-refractivity contribution in [2.75, 3.05) is 0 Å². The number of rotatable bonds is 8. The smallest absolute Gasteiger partial charge is 0.120 e. The number of nitrogens with one attached hydrogen (secondary N) is 2. The van der Waals surface area contributed by atoms with Gasteiger partial charge < -0.3 is 10.6 Å². The van der Waals surface area contributed by atoms with E-state index < -0.39 is 11.1 Å². The second-order valence-electron chi connectivity index (χ2n) is 18.4. The van der Waals surface area contributed by atoms with Crippen molar-refractivity contribution in [2.45, 2.75) is 50.6 Å². The number of fused-ring (bicyclic) bond motifs is 4. The molecule has 0 spiro atoms. The van der Waals surface area contributed by atoms with Gasteiger partial charge in [-0.15, -0.1) is 4.91 Å². The van der Waals surface area contributed by atoms with E-state index in [1.807, 2.05) is 78.3 Å². The van der Waals surface area contributed by atoms with Gasteiger partial charge in [-0.05, 0) is 104 Å². The SMILES string of the molecule is C[C@@]1(N/C=C2/C=c3ccccc3=C(c3c(-c4ccccc4)ccc4ccccc34)C2=O)CCCC[C@@]1(C)N/C=C1/C=c2ccccc2=C(c2c(-c3ccccc3)ccc3ccccc23)C1=O.[Cl][Ru].[N]=O. The first-order valence-electron chi connectivity index (χ1n) is 23.4. The Morgan fingerprint density at radius 3 is 1.24 bits per heavy atom. The number of benzene rings is 8.